The highest BCUT2D eigenvalue weighted by Crippen LogP contribution is 2.26. The van der Waals surface area contributed by atoms with Gasteiger partial charge < -0.3 is 4.90 Å². The Kier molecular flexibility index (Phi) is 4.29. The minimum atomic E-state index is -0.237. The minimum Gasteiger partial charge on any atom is -0.334 e. The number of aryl methyl sites for hydroxylation is 1. The monoisotopic (exact) mass is 365 g/mol. The maximum atomic E-state index is 13.3. The Morgan fingerprint density at radius 2 is 2.36 bits per heavy atom. The summed E-state index contributed by atoms with van der Waals surface area (Å²) in [6.07, 6.45) is 2.57. The lowest BCUT2D eigenvalue weighted by Crippen LogP contribution is -2.37. The molecule has 2 heterocycles. The molecule has 0 spiro atoms. The van der Waals surface area contributed by atoms with Gasteiger partial charge in [0, 0.05) is 18.3 Å². The van der Waals surface area contributed by atoms with Crippen LogP contribution in [0.5, 0.6) is 0 Å². The number of H-pyrrole nitrogens is 1. The van der Waals surface area contributed by atoms with E-state index in [1.807, 2.05) is 17.9 Å². The van der Waals surface area contributed by atoms with Crippen LogP contribution < -0.4 is 0 Å². The highest BCUT2D eigenvalue weighted by Gasteiger charge is 2.32. The molecule has 0 saturated carbocycles. The fourth-order valence-electron chi connectivity index (χ4n) is 2.94. The summed E-state index contributed by atoms with van der Waals surface area (Å²) >= 11 is 3.40. The van der Waals surface area contributed by atoms with Gasteiger partial charge in [-0.25, -0.2) is 4.39 Å². The van der Waals surface area contributed by atoms with Crippen molar-refractivity contribution in [2.75, 3.05) is 6.54 Å². The molecule has 1 atom stereocenters. The maximum Gasteiger partial charge on any atom is 0.275 e. The number of halogens is 2. The second kappa shape index (κ2) is 6.20. The zero-order valence-corrected chi connectivity index (χ0v) is 13.9. The molecule has 1 unspecified atom stereocenters. The van der Waals surface area contributed by atoms with Crippen molar-refractivity contribution in [3.8, 4) is 0 Å². The number of amides is 1. The lowest BCUT2D eigenvalue weighted by Gasteiger charge is -2.24. The molecule has 0 radical (unpaired) electrons. The SMILES string of the molecule is Cc1[nH]nc(C(=O)N2CCCC2Cc2cccc(F)c2)c1Br. The minimum absolute atomic E-state index is 0.0740. The maximum absolute atomic E-state index is 13.3. The summed E-state index contributed by atoms with van der Waals surface area (Å²) in [6, 6.07) is 6.68. The molecule has 2 aromatic rings. The number of aromatic nitrogens is 2. The van der Waals surface area contributed by atoms with Gasteiger partial charge in [0.05, 0.1) is 4.47 Å². The second-order valence-corrected chi connectivity index (χ2v) is 6.43. The third kappa shape index (κ3) is 2.92. The van der Waals surface area contributed by atoms with Gasteiger partial charge >= 0.3 is 0 Å². The Morgan fingerprint density at radius 1 is 1.55 bits per heavy atom. The van der Waals surface area contributed by atoms with Gasteiger partial charge in [0.25, 0.3) is 5.91 Å². The number of nitrogens with one attached hydrogen (secondary N) is 1. The van der Waals surface area contributed by atoms with E-state index >= 15 is 0 Å². The predicted molar refractivity (Wildman–Crippen MR) is 85.2 cm³/mol. The predicted octanol–water partition coefficient (Wildman–Crippen LogP) is 3.47. The number of likely N-dealkylation sites (tertiary alicyclic amines) is 1. The number of nitrogens with zero attached hydrogens (tertiary/aromatic N) is 2. The zero-order chi connectivity index (χ0) is 15.7. The molecule has 1 fully saturated rings. The smallest absolute Gasteiger partial charge is 0.275 e. The number of hydrogen-bond acceptors (Lipinski definition) is 2. The van der Waals surface area contributed by atoms with Crippen LogP contribution in [0.1, 0.15) is 34.6 Å². The third-order valence-corrected chi connectivity index (χ3v) is 5.04. The number of rotatable bonds is 3. The van der Waals surface area contributed by atoms with Crippen LogP contribution in [0, 0.1) is 12.7 Å². The molecule has 1 amide bonds. The van der Waals surface area contributed by atoms with Crippen LogP contribution in [0.3, 0.4) is 0 Å². The third-order valence-electron chi connectivity index (χ3n) is 4.07. The van der Waals surface area contributed by atoms with E-state index in [0.717, 1.165) is 30.6 Å². The molecular formula is C16H17BrFN3O. The van der Waals surface area contributed by atoms with E-state index < -0.39 is 0 Å². The van der Waals surface area contributed by atoms with Crippen LogP contribution in [-0.4, -0.2) is 33.6 Å². The normalized spacial score (nSPS) is 18.0. The molecule has 1 N–H and O–H groups in total. The van der Waals surface area contributed by atoms with Crippen LogP contribution in [0.4, 0.5) is 4.39 Å². The first kappa shape index (κ1) is 15.2. The highest BCUT2D eigenvalue weighted by molar-refractivity contribution is 9.10. The summed E-state index contributed by atoms with van der Waals surface area (Å²) in [5.74, 6) is -0.311. The first-order valence-electron chi connectivity index (χ1n) is 7.32. The first-order valence-corrected chi connectivity index (χ1v) is 8.11. The molecule has 3 rings (SSSR count). The quantitative estimate of drug-likeness (QED) is 0.905. The van der Waals surface area contributed by atoms with Gasteiger partial charge in [-0.2, -0.15) is 5.10 Å². The van der Waals surface area contributed by atoms with Crippen LogP contribution in [0.25, 0.3) is 0 Å². The fraction of sp³-hybridized carbons (Fsp3) is 0.375. The highest BCUT2D eigenvalue weighted by atomic mass is 79.9. The van der Waals surface area contributed by atoms with Gasteiger partial charge in [-0.3, -0.25) is 9.89 Å². The van der Waals surface area contributed by atoms with E-state index in [4.69, 9.17) is 0 Å². The number of aromatic amines is 1. The molecule has 22 heavy (non-hydrogen) atoms. The standard InChI is InChI=1S/C16H17BrFN3O/c1-10-14(17)15(20-19-10)16(22)21-7-3-6-13(21)9-11-4-2-5-12(18)8-11/h2,4-5,8,13H,3,6-7,9H2,1H3,(H,19,20). The average Bonchev–Trinajstić information content (AvgIpc) is 3.07. The Balaban J connectivity index is 1.78. The number of hydrogen-bond donors (Lipinski definition) is 1. The Morgan fingerprint density at radius 3 is 3.05 bits per heavy atom. The molecule has 1 aromatic heterocycles. The summed E-state index contributed by atoms with van der Waals surface area (Å²) in [6.45, 7) is 2.58. The molecule has 0 bridgehead atoms. The van der Waals surface area contributed by atoms with Gasteiger partial charge in [0.15, 0.2) is 5.69 Å². The van der Waals surface area contributed by atoms with E-state index in [1.165, 1.54) is 12.1 Å². The Labute approximate surface area is 136 Å². The van der Waals surface area contributed by atoms with Crippen molar-refractivity contribution in [2.45, 2.75) is 32.2 Å². The first-order chi connectivity index (χ1) is 10.6. The number of benzene rings is 1. The average molecular weight is 366 g/mol. The zero-order valence-electron chi connectivity index (χ0n) is 12.3. The molecule has 1 aliphatic rings. The summed E-state index contributed by atoms with van der Waals surface area (Å²) < 4.78 is 14.0. The Bertz CT molecular complexity index is 700. The number of carbonyl (C=O) groups excluding carboxylic acids is 1. The van der Waals surface area contributed by atoms with Crippen molar-refractivity contribution in [1.82, 2.24) is 15.1 Å². The van der Waals surface area contributed by atoms with E-state index in [2.05, 4.69) is 26.1 Å². The van der Waals surface area contributed by atoms with Crippen molar-refractivity contribution in [2.24, 2.45) is 0 Å². The molecule has 116 valence electrons. The van der Waals surface area contributed by atoms with Crippen molar-refractivity contribution in [3.05, 3.63) is 51.5 Å². The summed E-state index contributed by atoms with van der Waals surface area (Å²) in [4.78, 5) is 14.5. The molecule has 4 nitrogen and oxygen atoms in total. The second-order valence-electron chi connectivity index (χ2n) is 5.64. The van der Waals surface area contributed by atoms with Crippen molar-refractivity contribution in [3.63, 3.8) is 0 Å². The molecule has 1 aromatic carbocycles. The topological polar surface area (TPSA) is 49.0 Å². The molecule has 1 aliphatic heterocycles. The summed E-state index contributed by atoms with van der Waals surface area (Å²) in [5, 5.41) is 6.91. The van der Waals surface area contributed by atoms with Crippen LogP contribution in [0.15, 0.2) is 28.7 Å². The van der Waals surface area contributed by atoms with E-state index in [1.54, 1.807) is 6.07 Å². The van der Waals surface area contributed by atoms with Gasteiger partial charge in [-0.1, -0.05) is 12.1 Å². The van der Waals surface area contributed by atoms with E-state index in [0.29, 0.717) is 16.6 Å². The van der Waals surface area contributed by atoms with Crippen LogP contribution in [-0.2, 0) is 6.42 Å². The lowest BCUT2D eigenvalue weighted by molar-refractivity contribution is 0.0729. The number of carbonyl (C=O) groups is 1. The summed E-state index contributed by atoms with van der Waals surface area (Å²) in [7, 11) is 0. The van der Waals surface area contributed by atoms with Gasteiger partial charge in [0.2, 0.25) is 0 Å². The molecule has 6 heteroatoms. The lowest BCUT2D eigenvalue weighted by atomic mass is 10.0. The molecule has 1 saturated heterocycles. The van der Waals surface area contributed by atoms with Gasteiger partial charge in [-0.05, 0) is 59.8 Å². The summed E-state index contributed by atoms with van der Waals surface area (Å²) in [5.41, 5.74) is 2.18. The Hall–Kier alpha value is -1.69. The van der Waals surface area contributed by atoms with Gasteiger partial charge in [0.1, 0.15) is 5.82 Å². The van der Waals surface area contributed by atoms with Crippen molar-refractivity contribution < 1.29 is 9.18 Å². The van der Waals surface area contributed by atoms with E-state index in [9.17, 15) is 9.18 Å². The van der Waals surface area contributed by atoms with E-state index in [-0.39, 0.29) is 17.8 Å². The van der Waals surface area contributed by atoms with Crippen molar-refractivity contribution in [1.29, 1.82) is 0 Å². The van der Waals surface area contributed by atoms with Gasteiger partial charge in [-0.15, -0.1) is 0 Å². The molecular weight excluding hydrogens is 349 g/mol. The van der Waals surface area contributed by atoms with Crippen LogP contribution >= 0.6 is 15.9 Å². The molecule has 0 aliphatic carbocycles. The fourth-order valence-corrected chi connectivity index (χ4v) is 3.29. The van der Waals surface area contributed by atoms with Crippen molar-refractivity contribution >= 4 is 21.8 Å². The largest absolute Gasteiger partial charge is 0.334 e. The van der Waals surface area contributed by atoms with Crippen LogP contribution in [0.2, 0.25) is 0 Å².